The first-order valence-electron chi connectivity index (χ1n) is 6.66. The van der Waals surface area contributed by atoms with Gasteiger partial charge in [-0.15, -0.1) is 11.3 Å². The molecule has 0 saturated heterocycles. The molecular weight excluding hydrogens is 328 g/mol. The fourth-order valence-electron chi connectivity index (χ4n) is 2.40. The number of benzene rings is 1. The van der Waals surface area contributed by atoms with Crippen molar-refractivity contribution in [2.24, 2.45) is 5.73 Å². The Morgan fingerprint density at radius 3 is 2.55 bits per heavy atom. The normalized spacial score (nSPS) is 12.3. The van der Waals surface area contributed by atoms with E-state index in [0.29, 0.717) is 21.2 Å². The van der Waals surface area contributed by atoms with Crippen LogP contribution < -0.4 is 5.73 Å². The molecule has 22 heavy (non-hydrogen) atoms. The molecular formula is C14H17FNO4PS. The zero-order valence-electron chi connectivity index (χ0n) is 12.2. The largest absolute Gasteiger partial charge is 0.333 e. The number of hydrogen-bond acceptors (Lipinski definition) is 4. The van der Waals surface area contributed by atoms with E-state index in [-0.39, 0.29) is 17.3 Å². The van der Waals surface area contributed by atoms with Gasteiger partial charge in [-0.3, -0.25) is 9.36 Å². The van der Waals surface area contributed by atoms with Gasteiger partial charge in [0.1, 0.15) is 12.0 Å². The van der Waals surface area contributed by atoms with Crippen LogP contribution in [0.15, 0.2) is 12.1 Å². The Balaban J connectivity index is 2.58. The Kier molecular flexibility index (Phi) is 4.84. The van der Waals surface area contributed by atoms with Crippen molar-refractivity contribution < 1.29 is 23.5 Å². The summed E-state index contributed by atoms with van der Waals surface area (Å²) >= 11 is 1.02. The smallest absolute Gasteiger partial charge is 0.326 e. The van der Waals surface area contributed by atoms with Gasteiger partial charge >= 0.3 is 7.60 Å². The second kappa shape index (κ2) is 6.18. The van der Waals surface area contributed by atoms with Crippen LogP contribution in [0.4, 0.5) is 4.39 Å². The molecule has 0 aliphatic heterocycles. The number of rotatable bonds is 5. The summed E-state index contributed by atoms with van der Waals surface area (Å²) in [5, 5.41) is 0.292. The molecule has 0 amide bonds. The van der Waals surface area contributed by atoms with Crippen LogP contribution in [0.3, 0.4) is 0 Å². The molecule has 8 heteroatoms. The molecule has 2 rings (SSSR count). The number of thiophene rings is 1. The summed E-state index contributed by atoms with van der Waals surface area (Å²) in [6, 6.07) is 3.10. The number of hydrogen-bond donors (Lipinski definition) is 3. The van der Waals surface area contributed by atoms with Crippen molar-refractivity contribution in [3.63, 3.8) is 0 Å². The number of Topliss-reactive ketones (excluding diaryl/α,β-unsaturated/α-hetero) is 1. The van der Waals surface area contributed by atoms with E-state index in [4.69, 9.17) is 15.5 Å². The summed E-state index contributed by atoms with van der Waals surface area (Å²) in [7, 11) is -4.44. The summed E-state index contributed by atoms with van der Waals surface area (Å²) in [4.78, 5) is 29.8. The van der Waals surface area contributed by atoms with Gasteiger partial charge in [-0.1, -0.05) is 13.8 Å². The van der Waals surface area contributed by atoms with Gasteiger partial charge in [0, 0.05) is 16.6 Å². The van der Waals surface area contributed by atoms with Crippen LogP contribution in [-0.4, -0.2) is 21.7 Å². The highest BCUT2D eigenvalue weighted by atomic mass is 32.1. The van der Waals surface area contributed by atoms with Gasteiger partial charge in [-0.2, -0.15) is 0 Å². The topological polar surface area (TPSA) is 101 Å². The quantitative estimate of drug-likeness (QED) is 0.571. The SMILES string of the molecule is CC(C)c1c(CN)cc2sc(C(=O)CP(=O)(O)O)cc2c1F. The maximum atomic E-state index is 14.7. The van der Waals surface area contributed by atoms with Crippen LogP contribution in [0, 0.1) is 5.82 Å². The monoisotopic (exact) mass is 345 g/mol. The molecule has 2 aromatic rings. The van der Waals surface area contributed by atoms with Crippen LogP contribution in [-0.2, 0) is 11.1 Å². The van der Waals surface area contributed by atoms with Crippen LogP contribution in [0.25, 0.3) is 10.1 Å². The molecule has 0 fully saturated rings. The lowest BCUT2D eigenvalue weighted by Gasteiger charge is -2.13. The number of halogens is 1. The van der Waals surface area contributed by atoms with E-state index in [0.717, 1.165) is 11.3 Å². The molecule has 1 aromatic heterocycles. The van der Waals surface area contributed by atoms with Crippen molar-refractivity contribution in [1.29, 1.82) is 0 Å². The van der Waals surface area contributed by atoms with E-state index >= 15 is 0 Å². The molecule has 120 valence electrons. The van der Waals surface area contributed by atoms with Gasteiger partial charge in [0.05, 0.1) is 4.88 Å². The van der Waals surface area contributed by atoms with Gasteiger partial charge in [-0.05, 0) is 29.2 Å². The van der Waals surface area contributed by atoms with Crippen molar-refractivity contribution in [1.82, 2.24) is 0 Å². The van der Waals surface area contributed by atoms with E-state index < -0.39 is 25.4 Å². The number of fused-ring (bicyclic) bond motifs is 1. The summed E-state index contributed by atoms with van der Waals surface area (Å²) in [6.07, 6.45) is -0.873. The van der Waals surface area contributed by atoms with Crippen LogP contribution >= 0.6 is 18.9 Å². The molecule has 0 spiro atoms. The third kappa shape index (κ3) is 3.45. The first-order valence-corrected chi connectivity index (χ1v) is 9.28. The van der Waals surface area contributed by atoms with Crippen molar-refractivity contribution in [3.8, 4) is 0 Å². The third-order valence-electron chi connectivity index (χ3n) is 3.31. The Bertz CT molecular complexity index is 781. The fourth-order valence-corrected chi connectivity index (χ4v) is 4.11. The Morgan fingerprint density at radius 1 is 1.41 bits per heavy atom. The molecule has 0 aliphatic carbocycles. The second-order valence-corrected chi connectivity index (χ2v) is 8.12. The van der Waals surface area contributed by atoms with Crippen molar-refractivity contribution in [2.75, 3.05) is 6.16 Å². The number of carbonyl (C=O) groups excluding carboxylic acids is 1. The summed E-state index contributed by atoms with van der Waals surface area (Å²) < 4.78 is 26.1. The zero-order valence-corrected chi connectivity index (χ0v) is 13.9. The third-order valence-corrected chi connectivity index (χ3v) is 5.13. The molecule has 0 unspecified atom stereocenters. The van der Waals surface area contributed by atoms with E-state index in [1.165, 1.54) is 6.07 Å². The Labute approximate surface area is 131 Å². The molecule has 0 atom stereocenters. The molecule has 0 saturated carbocycles. The van der Waals surface area contributed by atoms with Crippen molar-refractivity contribution in [3.05, 3.63) is 34.0 Å². The zero-order chi connectivity index (χ0) is 16.7. The molecule has 0 bridgehead atoms. The van der Waals surface area contributed by atoms with E-state index in [2.05, 4.69) is 0 Å². The van der Waals surface area contributed by atoms with Gasteiger partial charge in [-0.25, -0.2) is 4.39 Å². The maximum absolute atomic E-state index is 14.7. The number of ketones is 1. The highest BCUT2D eigenvalue weighted by Crippen LogP contribution is 2.38. The highest BCUT2D eigenvalue weighted by Gasteiger charge is 2.24. The molecule has 1 heterocycles. The van der Waals surface area contributed by atoms with Gasteiger partial charge in [0.2, 0.25) is 0 Å². The van der Waals surface area contributed by atoms with Gasteiger partial charge in [0.15, 0.2) is 5.78 Å². The molecule has 5 nitrogen and oxygen atoms in total. The standard InChI is InChI=1S/C14H17FNO4PS/c1-7(2)13-8(5-16)3-11-9(14(13)15)4-12(22-11)10(17)6-21(18,19)20/h3-4,7H,5-6,16H2,1-2H3,(H2,18,19,20). The lowest BCUT2D eigenvalue weighted by Crippen LogP contribution is -2.05. The molecule has 0 radical (unpaired) electrons. The first-order chi connectivity index (χ1) is 10.1. The first kappa shape index (κ1) is 17.2. The number of carbonyl (C=O) groups is 1. The molecule has 1 aromatic carbocycles. The lowest BCUT2D eigenvalue weighted by molar-refractivity contribution is 0.101. The van der Waals surface area contributed by atoms with Crippen LogP contribution in [0.2, 0.25) is 0 Å². The van der Waals surface area contributed by atoms with Crippen molar-refractivity contribution in [2.45, 2.75) is 26.3 Å². The fraction of sp³-hybridized carbons (Fsp3) is 0.357. The predicted octanol–water partition coefficient (Wildman–Crippen LogP) is 2.98. The average molecular weight is 345 g/mol. The Morgan fingerprint density at radius 2 is 2.05 bits per heavy atom. The number of nitrogens with two attached hydrogens (primary N) is 1. The van der Waals surface area contributed by atoms with Gasteiger partial charge < -0.3 is 15.5 Å². The minimum atomic E-state index is -4.44. The summed E-state index contributed by atoms with van der Waals surface area (Å²) in [5.74, 6) is -1.16. The van der Waals surface area contributed by atoms with Crippen LogP contribution in [0.1, 0.15) is 40.6 Å². The van der Waals surface area contributed by atoms with Gasteiger partial charge in [0.25, 0.3) is 0 Å². The predicted molar refractivity (Wildman–Crippen MR) is 85.0 cm³/mol. The Hall–Kier alpha value is -1.11. The minimum absolute atomic E-state index is 0.0582. The second-order valence-electron chi connectivity index (χ2n) is 5.39. The summed E-state index contributed by atoms with van der Waals surface area (Å²) in [6.45, 7) is 3.90. The van der Waals surface area contributed by atoms with E-state index in [1.807, 2.05) is 13.8 Å². The highest BCUT2D eigenvalue weighted by molar-refractivity contribution is 7.53. The molecule has 4 N–H and O–H groups in total. The average Bonchev–Trinajstić information content (AvgIpc) is 2.80. The van der Waals surface area contributed by atoms with Crippen molar-refractivity contribution >= 4 is 34.8 Å². The molecule has 0 aliphatic rings. The maximum Gasteiger partial charge on any atom is 0.333 e. The lowest BCUT2D eigenvalue weighted by atomic mass is 9.95. The minimum Gasteiger partial charge on any atom is -0.326 e. The van der Waals surface area contributed by atoms with E-state index in [1.54, 1.807) is 6.07 Å². The summed E-state index contributed by atoms with van der Waals surface area (Å²) in [5.41, 5.74) is 6.86. The van der Waals surface area contributed by atoms with E-state index in [9.17, 15) is 13.8 Å². The van der Waals surface area contributed by atoms with Crippen LogP contribution in [0.5, 0.6) is 0 Å².